The summed E-state index contributed by atoms with van der Waals surface area (Å²) in [6.07, 6.45) is -0.822. The number of oxazole rings is 1. The molecule has 5 nitrogen and oxygen atoms in total. The molecule has 0 radical (unpaired) electrons. The lowest BCUT2D eigenvalue weighted by Gasteiger charge is -2.34. The average molecular weight is 341 g/mol. The summed E-state index contributed by atoms with van der Waals surface area (Å²) in [7, 11) is 0. The van der Waals surface area contributed by atoms with Crippen LogP contribution in [0, 0.1) is 5.82 Å². The van der Waals surface area contributed by atoms with Crippen LogP contribution in [0.3, 0.4) is 0 Å². The van der Waals surface area contributed by atoms with Crippen molar-refractivity contribution in [1.82, 2.24) is 9.88 Å². The van der Waals surface area contributed by atoms with Crippen LogP contribution >= 0.6 is 0 Å². The highest BCUT2D eigenvalue weighted by molar-refractivity contribution is 5.74. The highest BCUT2D eigenvalue weighted by Crippen LogP contribution is 2.23. The SMILES string of the molecule is OC(CN1CCN(c2nc3ccccc3o2)CC1)c1ccccc1F. The molecule has 1 aliphatic heterocycles. The van der Waals surface area contributed by atoms with Gasteiger partial charge in [-0.2, -0.15) is 4.98 Å². The lowest BCUT2D eigenvalue weighted by Crippen LogP contribution is -2.47. The van der Waals surface area contributed by atoms with Gasteiger partial charge in [0.2, 0.25) is 0 Å². The van der Waals surface area contributed by atoms with Gasteiger partial charge in [0.05, 0.1) is 6.10 Å². The Balaban J connectivity index is 1.37. The summed E-state index contributed by atoms with van der Waals surface area (Å²) in [6, 6.07) is 14.7. The monoisotopic (exact) mass is 341 g/mol. The molecule has 0 saturated carbocycles. The Labute approximate surface area is 145 Å². The molecule has 1 aliphatic rings. The number of hydrogen-bond acceptors (Lipinski definition) is 5. The predicted octanol–water partition coefficient (Wildman–Crippen LogP) is 2.82. The maximum atomic E-state index is 13.8. The van der Waals surface area contributed by atoms with E-state index in [1.54, 1.807) is 18.2 Å². The molecule has 3 aromatic rings. The Morgan fingerprint density at radius 3 is 2.52 bits per heavy atom. The molecule has 1 aromatic heterocycles. The number of hydrogen-bond donors (Lipinski definition) is 1. The first-order chi connectivity index (χ1) is 12.2. The molecule has 130 valence electrons. The van der Waals surface area contributed by atoms with Crippen LogP contribution in [0.15, 0.2) is 52.9 Å². The third-order valence-corrected chi connectivity index (χ3v) is 4.62. The van der Waals surface area contributed by atoms with Crippen molar-refractivity contribution in [2.75, 3.05) is 37.6 Å². The van der Waals surface area contributed by atoms with Gasteiger partial charge in [0.15, 0.2) is 5.58 Å². The number of fused-ring (bicyclic) bond motifs is 1. The normalized spacial score (nSPS) is 17.1. The van der Waals surface area contributed by atoms with E-state index in [2.05, 4.69) is 14.8 Å². The third-order valence-electron chi connectivity index (χ3n) is 4.62. The zero-order chi connectivity index (χ0) is 17.2. The van der Waals surface area contributed by atoms with Crippen LogP contribution in [0.5, 0.6) is 0 Å². The van der Waals surface area contributed by atoms with Crippen molar-refractivity contribution < 1.29 is 13.9 Å². The molecule has 1 atom stereocenters. The van der Waals surface area contributed by atoms with E-state index < -0.39 is 6.10 Å². The minimum absolute atomic E-state index is 0.351. The summed E-state index contributed by atoms with van der Waals surface area (Å²) in [5, 5.41) is 10.3. The van der Waals surface area contributed by atoms with Crippen molar-refractivity contribution in [3.8, 4) is 0 Å². The number of β-amino-alcohol motifs (C(OH)–C–C–N with tert-alkyl or cyclic N) is 1. The number of rotatable bonds is 4. The molecule has 0 bridgehead atoms. The highest BCUT2D eigenvalue weighted by atomic mass is 19.1. The van der Waals surface area contributed by atoms with Crippen LogP contribution in [0.4, 0.5) is 10.4 Å². The van der Waals surface area contributed by atoms with Gasteiger partial charge < -0.3 is 14.4 Å². The topological polar surface area (TPSA) is 52.7 Å². The van der Waals surface area contributed by atoms with E-state index in [4.69, 9.17) is 4.42 Å². The summed E-state index contributed by atoms with van der Waals surface area (Å²) >= 11 is 0. The number of benzene rings is 2. The lowest BCUT2D eigenvalue weighted by atomic mass is 10.1. The Morgan fingerprint density at radius 2 is 1.76 bits per heavy atom. The van der Waals surface area contributed by atoms with Gasteiger partial charge in [-0.05, 0) is 18.2 Å². The second-order valence-corrected chi connectivity index (χ2v) is 6.29. The van der Waals surface area contributed by atoms with Gasteiger partial charge in [-0.1, -0.05) is 30.3 Å². The predicted molar refractivity (Wildman–Crippen MR) is 94.0 cm³/mol. The first kappa shape index (κ1) is 16.1. The molecule has 0 aliphatic carbocycles. The molecule has 1 saturated heterocycles. The van der Waals surface area contributed by atoms with Crippen LogP contribution in [-0.2, 0) is 0 Å². The van der Waals surface area contributed by atoms with Gasteiger partial charge >= 0.3 is 0 Å². The van der Waals surface area contributed by atoms with Gasteiger partial charge in [-0.15, -0.1) is 0 Å². The smallest absolute Gasteiger partial charge is 0.298 e. The first-order valence-corrected chi connectivity index (χ1v) is 8.46. The van der Waals surface area contributed by atoms with Crippen LogP contribution in [0.25, 0.3) is 11.1 Å². The van der Waals surface area contributed by atoms with Crippen molar-refractivity contribution in [1.29, 1.82) is 0 Å². The highest BCUT2D eigenvalue weighted by Gasteiger charge is 2.23. The number of aromatic nitrogens is 1. The van der Waals surface area contributed by atoms with E-state index >= 15 is 0 Å². The Bertz CT molecular complexity index is 826. The number of anilines is 1. The lowest BCUT2D eigenvalue weighted by molar-refractivity contribution is 0.106. The van der Waals surface area contributed by atoms with Crippen LogP contribution in [0.2, 0.25) is 0 Å². The quantitative estimate of drug-likeness (QED) is 0.791. The molecule has 1 N–H and O–H groups in total. The fourth-order valence-corrected chi connectivity index (χ4v) is 3.21. The molecule has 2 heterocycles. The van der Waals surface area contributed by atoms with Crippen molar-refractivity contribution >= 4 is 17.1 Å². The van der Waals surface area contributed by atoms with Crippen molar-refractivity contribution in [3.05, 3.63) is 59.9 Å². The van der Waals surface area contributed by atoms with Crippen molar-refractivity contribution in [2.45, 2.75) is 6.10 Å². The maximum absolute atomic E-state index is 13.8. The minimum Gasteiger partial charge on any atom is -0.423 e. The van der Waals surface area contributed by atoms with Crippen LogP contribution < -0.4 is 4.90 Å². The largest absolute Gasteiger partial charge is 0.423 e. The zero-order valence-corrected chi connectivity index (χ0v) is 13.8. The molecule has 6 heteroatoms. The third kappa shape index (κ3) is 3.36. The van der Waals surface area contributed by atoms with Gasteiger partial charge in [-0.3, -0.25) is 4.90 Å². The molecular formula is C19H20FN3O2. The van der Waals surface area contributed by atoms with E-state index in [-0.39, 0.29) is 5.82 Å². The van der Waals surface area contributed by atoms with E-state index in [0.29, 0.717) is 18.1 Å². The van der Waals surface area contributed by atoms with E-state index in [1.165, 1.54) is 6.07 Å². The van der Waals surface area contributed by atoms with Crippen molar-refractivity contribution in [3.63, 3.8) is 0 Å². The fraction of sp³-hybridized carbons (Fsp3) is 0.316. The van der Waals surface area contributed by atoms with Crippen molar-refractivity contribution in [2.24, 2.45) is 0 Å². The second-order valence-electron chi connectivity index (χ2n) is 6.29. The van der Waals surface area contributed by atoms with Gasteiger partial charge in [0.25, 0.3) is 6.01 Å². The zero-order valence-electron chi connectivity index (χ0n) is 13.8. The first-order valence-electron chi connectivity index (χ1n) is 8.46. The molecule has 1 unspecified atom stereocenters. The summed E-state index contributed by atoms with van der Waals surface area (Å²) in [6.45, 7) is 3.48. The molecule has 0 spiro atoms. The standard InChI is InChI=1S/C19H20FN3O2/c20-15-6-2-1-5-14(15)17(24)13-22-9-11-23(12-10-22)19-21-16-7-3-4-8-18(16)25-19/h1-8,17,24H,9-13H2. The summed E-state index contributed by atoms with van der Waals surface area (Å²) < 4.78 is 19.6. The van der Waals surface area contributed by atoms with E-state index in [0.717, 1.165) is 37.3 Å². The number of piperazine rings is 1. The molecule has 1 fully saturated rings. The molecule has 0 amide bonds. The van der Waals surface area contributed by atoms with Gasteiger partial charge in [0, 0.05) is 38.3 Å². The second kappa shape index (κ2) is 6.82. The molecular weight excluding hydrogens is 321 g/mol. The van der Waals surface area contributed by atoms with E-state index in [9.17, 15) is 9.50 Å². The Hall–Kier alpha value is -2.44. The number of nitrogens with zero attached hydrogens (tertiary/aromatic N) is 3. The average Bonchev–Trinajstić information content (AvgIpc) is 3.07. The minimum atomic E-state index is -0.822. The molecule has 2 aromatic carbocycles. The number of aliphatic hydroxyl groups is 1. The number of aliphatic hydroxyl groups excluding tert-OH is 1. The molecule has 4 rings (SSSR count). The molecule has 25 heavy (non-hydrogen) atoms. The number of halogens is 1. The fourth-order valence-electron chi connectivity index (χ4n) is 3.21. The number of para-hydroxylation sites is 2. The Kier molecular flexibility index (Phi) is 4.38. The van der Waals surface area contributed by atoms with Crippen LogP contribution in [0.1, 0.15) is 11.7 Å². The van der Waals surface area contributed by atoms with Gasteiger partial charge in [0.1, 0.15) is 11.3 Å². The van der Waals surface area contributed by atoms with E-state index in [1.807, 2.05) is 24.3 Å². The van der Waals surface area contributed by atoms with Gasteiger partial charge in [-0.25, -0.2) is 4.39 Å². The summed E-state index contributed by atoms with van der Waals surface area (Å²) in [5.74, 6) is -0.361. The summed E-state index contributed by atoms with van der Waals surface area (Å²) in [5.41, 5.74) is 1.99. The maximum Gasteiger partial charge on any atom is 0.298 e. The Morgan fingerprint density at radius 1 is 1.04 bits per heavy atom. The van der Waals surface area contributed by atoms with Crippen LogP contribution in [-0.4, -0.2) is 47.7 Å². The summed E-state index contributed by atoms with van der Waals surface area (Å²) in [4.78, 5) is 8.76.